The summed E-state index contributed by atoms with van der Waals surface area (Å²) < 4.78 is 39.7. The first-order valence-corrected chi connectivity index (χ1v) is 12.8. The monoisotopic (exact) mass is 446 g/mol. The Hall–Kier alpha value is -2.35. The third-order valence-electron chi connectivity index (χ3n) is 6.51. The number of rotatable bonds is 1. The molecule has 0 spiro atoms. The topological polar surface area (TPSA) is 85.3 Å². The SMILES string of the molecule is Cc1ccc2c(c1C)C1CCC(CC1)O/C=C1/C(=N/S(C)(=O)=O)CCCN1C(=O)CO2. The molecule has 0 N–H and O–H groups in total. The van der Waals surface area contributed by atoms with Crippen molar-refractivity contribution in [2.75, 3.05) is 19.4 Å². The van der Waals surface area contributed by atoms with Crippen molar-refractivity contribution in [1.82, 2.24) is 4.90 Å². The molecule has 1 aromatic rings. The molecule has 7 nitrogen and oxygen atoms in total. The zero-order chi connectivity index (χ0) is 22.2. The number of amides is 1. The molecule has 3 heterocycles. The summed E-state index contributed by atoms with van der Waals surface area (Å²) in [5, 5.41) is 0. The highest BCUT2D eigenvalue weighted by Crippen LogP contribution is 2.41. The maximum Gasteiger partial charge on any atom is 0.265 e. The van der Waals surface area contributed by atoms with Crippen molar-refractivity contribution in [2.45, 2.75) is 64.4 Å². The summed E-state index contributed by atoms with van der Waals surface area (Å²) in [6.07, 6.45) is 7.53. The second kappa shape index (κ2) is 8.65. The Bertz CT molecular complexity index is 1040. The predicted octanol–water partition coefficient (Wildman–Crippen LogP) is 3.60. The smallest absolute Gasteiger partial charge is 0.265 e. The van der Waals surface area contributed by atoms with E-state index in [1.165, 1.54) is 16.7 Å². The quantitative estimate of drug-likeness (QED) is 0.658. The lowest BCUT2D eigenvalue weighted by molar-refractivity contribution is -0.131. The molecular weight excluding hydrogens is 416 g/mol. The van der Waals surface area contributed by atoms with Gasteiger partial charge in [0, 0.05) is 12.1 Å². The number of carbonyl (C=O) groups is 1. The highest BCUT2D eigenvalue weighted by molar-refractivity contribution is 7.89. The number of allylic oxidation sites excluding steroid dienone is 1. The molecule has 8 heteroatoms. The fourth-order valence-corrected chi connectivity index (χ4v) is 5.39. The third-order valence-corrected chi connectivity index (χ3v) is 7.06. The fraction of sp³-hybridized carbons (Fsp3) is 0.565. The Morgan fingerprint density at radius 3 is 2.58 bits per heavy atom. The number of hydrogen-bond donors (Lipinski definition) is 0. The minimum atomic E-state index is -3.59. The fourth-order valence-electron chi connectivity index (χ4n) is 4.80. The average molecular weight is 447 g/mol. The summed E-state index contributed by atoms with van der Waals surface area (Å²) in [4.78, 5) is 14.7. The molecule has 0 unspecified atom stereocenters. The number of ether oxygens (including phenoxy) is 2. The highest BCUT2D eigenvalue weighted by atomic mass is 32.2. The van der Waals surface area contributed by atoms with Gasteiger partial charge >= 0.3 is 0 Å². The molecule has 31 heavy (non-hydrogen) atoms. The zero-order valence-electron chi connectivity index (χ0n) is 18.4. The summed E-state index contributed by atoms with van der Waals surface area (Å²) in [7, 11) is -3.59. The number of piperidine rings is 1. The molecule has 1 aromatic carbocycles. The van der Waals surface area contributed by atoms with Crippen LogP contribution in [-0.4, -0.2) is 50.4 Å². The van der Waals surface area contributed by atoms with E-state index in [2.05, 4.69) is 18.2 Å². The minimum Gasteiger partial charge on any atom is -0.496 e. The van der Waals surface area contributed by atoms with E-state index in [0.29, 0.717) is 36.7 Å². The molecule has 0 aromatic heterocycles. The van der Waals surface area contributed by atoms with Crippen LogP contribution in [0.1, 0.15) is 61.1 Å². The van der Waals surface area contributed by atoms with Crippen LogP contribution in [0.3, 0.4) is 0 Å². The van der Waals surface area contributed by atoms with Gasteiger partial charge in [0.05, 0.1) is 18.1 Å². The molecule has 3 aliphatic heterocycles. The lowest BCUT2D eigenvalue weighted by Crippen LogP contribution is -2.41. The molecular formula is C23H30N2O5S. The Morgan fingerprint density at radius 1 is 1.13 bits per heavy atom. The number of fused-ring (bicyclic) bond motifs is 5. The van der Waals surface area contributed by atoms with Gasteiger partial charge in [0.1, 0.15) is 17.7 Å². The molecule has 1 saturated carbocycles. The summed E-state index contributed by atoms with van der Waals surface area (Å²) in [6, 6.07) is 4.01. The maximum absolute atomic E-state index is 13.1. The first-order valence-electron chi connectivity index (χ1n) is 10.9. The second-order valence-electron chi connectivity index (χ2n) is 8.74. The van der Waals surface area contributed by atoms with Crippen LogP contribution in [0.15, 0.2) is 28.5 Å². The molecule has 1 aliphatic carbocycles. The second-order valence-corrected chi connectivity index (χ2v) is 10.4. The summed E-state index contributed by atoms with van der Waals surface area (Å²) >= 11 is 0. The van der Waals surface area contributed by atoms with Gasteiger partial charge in [-0.05, 0) is 75.5 Å². The van der Waals surface area contributed by atoms with E-state index in [1.807, 2.05) is 12.1 Å². The van der Waals surface area contributed by atoms with Crippen LogP contribution in [0.2, 0.25) is 0 Å². The Balaban J connectivity index is 1.73. The van der Waals surface area contributed by atoms with Gasteiger partial charge in [-0.25, -0.2) is 8.42 Å². The van der Waals surface area contributed by atoms with E-state index in [-0.39, 0.29) is 18.6 Å². The van der Waals surface area contributed by atoms with Crippen LogP contribution >= 0.6 is 0 Å². The molecule has 1 saturated heterocycles. The van der Waals surface area contributed by atoms with Gasteiger partial charge in [-0.2, -0.15) is 4.40 Å². The lowest BCUT2D eigenvalue weighted by atomic mass is 9.80. The number of hydrogen-bond acceptors (Lipinski definition) is 5. The highest BCUT2D eigenvalue weighted by Gasteiger charge is 2.31. The standard InChI is InChI=1S/C23H30N2O5S/c1-15-6-11-21-23(16(15)2)17-7-9-18(10-8-17)29-13-20-19(24-31(3,27)28)5-4-12-25(20)22(26)14-30-21/h6,11,13,17-18H,4-5,7-10,12,14H2,1-3H3/b20-13-,24-19+. The Morgan fingerprint density at radius 2 is 1.87 bits per heavy atom. The first-order chi connectivity index (χ1) is 14.7. The van der Waals surface area contributed by atoms with Gasteiger partial charge in [-0.3, -0.25) is 4.79 Å². The molecule has 0 atom stereocenters. The molecule has 5 rings (SSSR count). The van der Waals surface area contributed by atoms with Crippen molar-refractivity contribution >= 4 is 21.6 Å². The molecule has 2 bridgehead atoms. The zero-order valence-corrected chi connectivity index (χ0v) is 19.2. The van der Waals surface area contributed by atoms with Crippen LogP contribution in [0.5, 0.6) is 5.75 Å². The number of sulfonamides is 1. The number of aryl methyl sites for hydroxylation is 1. The van der Waals surface area contributed by atoms with Crippen LogP contribution in [0.4, 0.5) is 0 Å². The molecule has 0 radical (unpaired) electrons. The summed E-state index contributed by atoms with van der Waals surface area (Å²) in [5.74, 6) is 0.919. The van der Waals surface area contributed by atoms with Gasteiger partial charge in [0.25, 0.3) is 15.9 Å². The normalized spacial score (nSPS) is 27.6. The van der Waals surface area contributed by atoms with Crippen molar-refractivity contribution in [3.8, 4) is 5.75 Å². The third kappa shape index (κ3) is 4.79. The van der Waals surface area contributed by atoms with Crippen molar-refractivity contribution in [3.05, 3.63) is 40.8 Å². The van der Waals surface area contributed by atoms with Crippen molar-refractivity contribution < 1.29 is 22.7 Å². The predicted molar refractivity (Wildman–Crippen MR) is 119 cm³/mol. The van der Waals surface area contributed by atoms with E-state index in [9.17, 15) is 13.2 Å². The molecule has 4 aliphatic rings. The van der Waals surface area contributed by atoms with E-state index in [4.69, 9.17) is 9.47 Å². The van der Waals surface area contributed by atoms with Gasteiger partial charge in [0.15, 0.2) is 6.61 Å². The van der Waals surface area contributed by atoms with E-state index >= 15 is 0 Å². The first kappa shape index (κ1) is 21.9. The van der Waals surface area contributed by atoms with Crippen LogP contribution < -0.4 is 4.74 Å². The largest absolute Gasteiger partial charge is 0.496 e. The number of benzene rings is 1. The average Bonchev–Trinajstić information content (AvgIpc) is 2.73. The number of carbonyl (C=O) groups excluding carboxylic acids is 1. The summed E-state index contributed by atoms with van der Waals surface area (Å²) in [5.41, 5.74) is 4.46. The lowest BCUT2D eigenvalue weighted by Gasteiger charge is -2.31. The van der Waals surface area contributed by atoms with E-state index < -0.39 is 10.0 Å². The van der Waals surface area contributed by atoms with E-state index in [0.717, 1.165) is 37.7 Å². The molecule has 2 fully saturated rings. The molecule has 1 amide bonds. The maximum atomic E-state index is 13.1. The van der Waals surface area contributed by atoms with Gasteiger partial charge in [0.2, 0.25) is 0 Å². The van der Waals surface area contributed by atoms with Gasteiger partial charge in [-0.1, -0.05) is 6.07 Å². The Kier molecular flexibility index (Phi) is 6.10. The van der Waals surface area contributed by atoms with Crippen molar-refractivity contribution in [2.24, 2.45) is 4.40 Å². The van der Waals surface area contributed by atoms with Gasteiger partial charge < -0.3 is 14.4 Å². The number of nitrogens with zero attached hydrogens (tertiary/aromatic N) is 2. The summed E-state index contributed by atoms with van der Waals surface area (Å²) in [6.45, 7) is 4.59. The van der Waals surface area contributed by atoms with E-state index in [1.54, 1.807) is 11.2 Å². The van der Waals surface area contributed by atoms with Gasteiger partial charge in [-0.15, -0.1) is 0 Å². The van der Waals surface area contributed by atoms with Crippen LogP contribution in [0, 0.1) is 13.8 Å². The minimum absolute atomic E-state index is 0.0392. The Labute approximate surface area is 184 Å². The van der Waals surface area contributed by atoms with Crippen LogP contribution in [0.25, 0.3) is 0 Å². The van der Waals surface area contributed by atoms with Crippen LogP contribution in [-0.2, 0) is 19.6 Å². The van der Waals surface area contributed by atoms with Crippen molar-refractivity contribution in [3.63, 3.8) is 0 Å². The molecule has 168 valence electrons. The van der Waals surface area contributed by atoms with Crippen molar-refractivity contribution in [1.29, 1.82) is 0 Å².